The van der Waals surface area contributed by atoms with E-state index in [1.807, 2.05) is 42.7 Å². The Hall–Kier alpha value is -3.17. The summed E-state index contributed by atoms with van der Waals surface area (Å²) >= 11 is 1.27. The Morgan fingerprint density at radius 2 is 1.97 bits per heavy atom. The van der Waals surface area contributed by atoms with Gasteiger partial charge in [-0.3, -0.25) is 10.1 Å². The molecular formula is C21H22N6O2S. The zero-order valence-corrected chi connectivity index (χ0v) is 17.6. The molecule has 0 aliphatic rings. The lowest BCUT2D eigenvalue weighted by atomic mass is 10.3. The van der Waals surface area contributed by atoms with Gasteiger partial charge in [-0.1, -0.05) is 12.1 Å². The van der Waals surface area contributed by atoms with Gasteiger partial charge in [0, 0.05) is 32.2 Å². The Balaban J connectivity index is 1.59. The summed E-state index contributed by atoms with van der Waals surface area (Å²) in [6.07, 6.45) is 4.14. The van der Waals surface area contributed by atoms with E-state index in [4.69, 9.17) is 4.74 Å². The van der Waals surface area contributed by atoms with Crippen LogP contribution in [0.1, 0.15) is 28.7 Å². The zero-order chi connectivity index (χ0) is 20.9. The Morgan fingerprint density at radius 1 is 1.17 bits per heavy atom. The van der Waals surface area contributed by atoms with Crippen molar-refractivity contribution >= 4 is 34.2 Å². The quantitative estimate of drug-likeness (QED) is 0.432. The molecule has 0 aliphatic carbocycles. The smallest absolute Gasteiger partial charge is 0.269 e. The molecule has 154 valence electrons. The Morgan fingerprint density at radius 3 is 2.77 bits per heavy atom. The second-order valence-corrected chi connectivity index (χ2v) is 7.59. The lowest BCUT2D eigenvalue weighted by molar-refractivity contribution is 0.102. The summed E-state index contributed by atoms with van der Waals surface area (Å²) < 4.78 is 7.47. The standard InChI is InChI=1S/C21H22N6O2S/c1-3-29-13-7-12-27-16-9-5-4-8-15(16)25-21(27)26-19(28)17-14(2)24-20(30-17)18-22-10-6-11-23-18/h4-6,8-11H,3,7,12-13H2,1-2H3,(H,25,26,28). The first-order valence-corrected chi connectivity index (χ1v) is 10.6. The molecule has 1 amide bonds. The normalized spacial score (nSPS) is 11.1. The topological polar surface area (TPSA) is 94.8 Å². The SMILES string of the molecule is CCOCCCn1c(NC(=O)c2sc(-c3ncccn3)nc2C)nc2ccccc21. The number of thiazole rings is 1. The second-order valence-electron chi connectivity index (χ2n) is 6.59. The van der Waals surface area contributed by atoms with Crippen molar-refractivity contribution in [1.29, 1.82) is 0 Å². The molecule has 8 nitrogen and oxygen atoms in total. The fourth-order valence-electron chi connectivity index (χ4n) is 3.14. The molecule has 0 bridgehead atoms. The fraction of sp³-hybridized carbons (Fsp3) is 0.286. The number of nitrogens with zero attached hydrogens (tertiary/aromatic N) is 5. The average molecular weight is 423 g/mol. The monoisotopic (exact) mass is 422 g/mol. The number of fused-ring (bicyclic) bond motifs is 1. The van der Waals surface area contributed by atoms with E-state index in [2.05, 4.69) is 25.3 Å². The molecule has 4 rings (SSSR count). The molecule has 1 N–H and O–H groups in total. The number of carbonyl (C=O) groups excluding carboxylic acids is 1. The van der Waals surface area contributed by atoms with Gasteiger partial charge < -0.3 is 9.30 Å². The number of ether oxygens (including phenoxy) is 1. The van der Waals surface area contributed by atoms with Crippen LogP contribution in [0.5, 0.6) is 0 Å². The number of amides is 1. The number of aryl methyl sites for hydroxylation is 2. The number of anilines is 1. The van der Waals surface area contributed by atoms with Crippen LogP contribution in [0.2, 0.25) is 0 Å². The highest BCUT2D eigenvalue weighted by Crippen LogP contribution is 2.27. The van der Waals surface area contributed by atoms with Crippen molar-refractivity contribution < 1.29 is 9.53 Å². The number of aromatic nitrogens is 5. The summed E-state index contributed by atoms with van der Waals surface area (Å²) in [6.45, 7) is 5.82. The third-order valence-electron chi connectivity index (χ3n) is 4.51. The summed E-state index contributed by atoms with van der Waals surface area (Å²) in [5.41, 5.74) is 2.45. The third-order valence-corrected chi connectivity index (χ3v) is 5.67. The van der Waals surface area contributed by atoms with Crippen LogP contribution >= 0.6 is 11.3 Å². The summed E-state index contributed by atoms with van der Waals surface area (Å²) in [7, 11) is 0. The van der Waals surface area contributed by atoms with Crippen LogP contribution in [0.15, 0.2) is 42.7 Å². The molecule has 3 aromatic heterocycles. The van der Waals surface area contributed by atoms with Crippen molar-refractivity contribution in [2.75, 3.05) is 18.5 Å². The first-order valence-electron chi connectivity index (χ1n) is 9.76. The van der Waals surface area contributed by atoms with Crippen LogP contribution in [0.4, 0.5) is 5.95 Å². The van der Waals surface area contributed by atoms with E-state index < -0.39 is 0 Å². The summed E-state index contributed by atoms with van der Waals surface area (Å²) in [6, 6.07) is 9.58. The summed E-state index contributed by atoms with van der Waals surface area (Å²) in [4.78, 5) is 31.1. The van der Waals surface area contributed by atoms with Gasteiger partial charge in [-0.15, -0.1) is 11.3 Å². The average Bonchev–Trinajstić information content (AvgIpc) is 3.32. The highest BCUT2D eigenvalue weighted by Gasteiger charge is 2.20. The van der Waals surface area contributed by atoms with E-state index in [9.17, 15) is 4.79 Å². The number of rotatable bonds is 8. The van der Waals surface area contributed by atoms with Crippen LogP contribution in [0.3, 0.4) is 0 Å². The van der Waals surface area contributed by atoms with Gasteiger partial charge in [-0.25, -0.2) is 19.9 Å². The van der Waals surface area contributed by atoms with Gasteiger partial charge in [-0.2, -0.15) is 0 Å². The molecule has 0 saturated heterocycles. The van der Waals surface area contributed by atoms with Crippen molar-refractivity contribution in [3.8, 4) is 10.8 Å². The van der Waals surface area contributed by atoms with Gasteiger partial charge in [0.15, 0.2) is 10.8 Å². The molecule has 4 aromatic rings. The van der Waals surface area contributed by atoms with Crippen molar-refractivity contribution in [3.05, 3.63) is 53.3 Å². The Kier molecular flexibility index (Phi) is 6.10. The van der Waals surface area contributed by atoms with Crippen molar-refractivity contribution in [2.45, 2.75) is 26.8 Å². The predicted molar refractivity (Wildman–Crippen MR) is 117 cm³/mol. The van der Waals surface area contributed by atoms with Gasteiger partial charge in [0.25, 0.3) is 5.91 Å². The minimum atomic E-state index is -0.242. The number of para-hydroxylation sites is 2. The Bertz CT molecular complexity index is 1150. The number of nitrogens with one attached hydrogen (secondary N) is 1. The minimum absolute atomic E-state index is 0.242. The van der Waals surface area contributed by atoms with Crippen LogP contribution < -0.4 is 5.32 Å². The number of benzene rings is 1. The minimum Gasteiger partial charge on any atom is -0.382 e. The largest absolute Gasteiger partial charge is 0.382 e. The van der Waals surface area contributed by atoms with Gasteiger partial charge >= 0.3 is 0 Å². The Labute approximate surface area is 178 Å². The number of hydrogen-bond acceptors (Lipinski definition) is 7. The van der Waals surface area contributed by atoms with Crippen LogP contribution in [-0.2, 0) is 11.3 Å². The molecule has 0 atom stereocenters. The molecule has 1 aromatic carbocycles. The zero-order valence-electron chi connectivity index (χ0n) is 16.8. The highest BCUT2D eigenvalue weighted by molar-refractivity contribution is 7.17. The van der Waals surface area contributed by atoms with Crippen LogP contribution in [0.25, 0.3) is 21.9 Å². The molecule has 3 heterocycles. The second kappa shape index (κ2) is 9.10. The predicted octanol–water partition coefficient (Wildman–Crippen LogP) is 3.94. The fourth-order valence-corrected chi connectivity index (χ4v) is 4.05. The van der Waals surface area contributed by atoms with Crippen molar-refractivity contribution in [3.63, 3.8) is 0 Å². The van der Waals surface area contributed by atoms with E-state index >= 15 is 0 Å². The van der Waals surface area contributed by atoms with Gasteiger partial charge in [0.05, 0.1) is 16.7 Å². The molecule has 0 unspecified atom stereocenters. The lowest BCUT2D eigenvalue weighted by Gasteiger charge is -2.10. The molecule has 9 heteroatoms. The van der Waals surface area contributed by atoms with Crippen LogP contribution in [-0.4, -0.2) is 43.6 Å². The van der Waals surface area contributed by atoms with Crippen LogP contribution in [0, 0.1) is 6.92 Å². The molecular weight excluding hydrogens is 400 g/mol. The molecule has 0 fully saturated rings. The van der Waals surface area contributed by atoms with E-state index in [1.54, 1.807) is 18.5 Å². The van der Waals surface area contributed by atoms with Crippen molar-refractivity contribution in [1.82, 2.24) is 24.5 Å². The summed E-state index contributed by atoms with van der Waals surface area (Å²) in [5.74, 6) is 0.782. The van der Waals surface area contributed by atoms with Gasteiger partial charge in [0.1, 0.15) is 4.88 Å². The maximum Gasteiger partial charge on any atom is 0.269 e. The highest BCUT2D eigenvalue weighted by atomic mass is 32.1. The maximum absolute atomic E-state index is 13.0. The van der Waals surface area contributed by atoms with E-state index in [0.717, 1.165) is 17.5 Å². The molecule has 0 aliphatic heterocycles. The molecule has 0 spiro atoms. The number of hydrogen-bond donors (Lipinski definition) is 1. The van der Waals surface area contributed by atoms with Gasteiger partial charge in [-0.05, 0) is 38.5 Å². The first kappa shape index (κ1) is 20.1. The molecule has 0 radical (unpaired) electrons. The first-order chi connectivity index (χ1) is 14.7. The van der Waals surface area contributed by atoms with E-state index in [0.29, 0.717) is 47.1 Å². The third kappa shape index (κ3) is 4.22. The number of carbonyl (C=O) groups is 1. The molecule has 0 saturated carbocycles. The number of imidazole rings is 1. The molecule has 30 heavy (non-hydrogen) atoms. The van der Waals surface area contributed by atoms with E-state index in [1.165, 1.54) is 11.3 Å². The maximum atomic E-state index is 13.0. The lowest BCUT2D eigenvalue weighted by Crippen LogP contribution is -2.16. The van der Waals surface area contributed by atoms with E-state index in [-0.39, 0.29) is 5.91 Å². The summed E-state index contributed by atoms with van der Waals surface area (Å²) in [5, 5.41) is 3.58. The van der Waals surface area contributed by atoms with Gasteiger partial charge in [0.2, 0.25) is 5.95 Å². The van der Waals surface area contributed by atoms with Crippen molar-refractivity contribution in [2.24, 2.45) is 0 Å².